The van der Waals surface area contributed by atoms with E-state index in [2.05, 4.69) is 20.3 Å². The molecule has 0 bridgehead atoms. The Morgan fingerprint density at radius 1 is 1.00 bits per heavy atom. The van der Waals surface area contributed by atoms with Crippen LogP contribution in [0.25, 0.3) is 12.0 Å². The highest BCUT2D eigenvalue weighted by Gasteiger charge is 2.13. The second-order valence-corrected chi connectivity index (χ2v) is 6.72. The zero-order valence-corrected chi connectivity index (χ0v) is 18.4. The summed E-state index contributed by atoms with van der Waals surface area (Å²) in [4.78, 5) is 25.4. The van der Waals surface area contributed by atoms with Gasteiger partial charge in [-0.15, -0.1) is 0 Å². The van der Waals surface area contributed by atoms with E-state index in [9.17, 15) is 4.79 Å². The first-order valence-electron chi connectivity index (χ1n) is 9.52. The third-order valence-electron chi connectivity index (χ3n) is 4.73. The molecule has 3 rings (SSSR count). The number of aryl methyl sites for hydroxylation is 2. The molecule has 9 heteroatoms. The van der Waals surface area contributed by atoms with E-state index in [1.165, 1.54) is 27.4 Å². The lowest BCUT2D eigenvalue weighted by Gasteiger charge is -2.12. The Labute approximate surface area is 180 Å². The fourth-order valence-corrected chi connectivity index (χ4v) is 3.13. The number of carbonyl (C=O) groups is 1. The van der Waals surface area contributed by atoms with Crippen molar-refractivity contribution in [1.29, 1.82) is 0 Å². The zero-order chi connectivity index (χ0) is 22.5. The van der Waals surface area contributed by atoms with Gasteiger partial charge in [-0.25, -0.2) is 15.0 Å². The van der Waals surface area contributed by atoms with Gasteiger partial charge in [0, 0.05) is 11.8 Å². The number of methoxy groups -OCH3 is 3. The van der Waals surface area contributed by atoms with Crippen LogP contribution in [-0.4, -0.2) is 46.8 Å². The number of carbonyl (C=O) groups excluding carboxylic acids is 1. The molecule has 0 saturated carbocycles. The summed E-state index contributed by atoms with van der Waals surface area (Å²) in [5, 5.41) is 2.74. The highest BCUT2D eigenvalue weighted by Crippen LogP contribution is 2.38. The highest BCUT2D eigenvalue weighted by atomic mass is 16.5. The molecule has 0 aliphatic heterocycles. The van der Waals surface area contributed by atoms with Crippen LogP contribution in [0.4, 0.5) is 5.69 Å². The van der Waals surface area contributed by atoms with Crippen molar-refractivity contribution in [2.24, 2.45) is 0 Å². The van der Waals surface area contributed by atoms with Gasteiger partial charge in [0.1, 0.15) is 5.82 Å². The number of aromatic nitrogens is 4. The lowest BCUT2D eigenvalue weighted by atomic mass is 10.1. The summed E-state index contributed by atoms with van der Waals surface area (Å²) in [7, 11) is 4.61. The van der Waals surface area contributed by atoms with E-state index in [1.54, 1.807) is 30.6 Å². The molecule has 2 heterocycles. The SMILES string of the molecule is COc1cc(/C=C/C(=O)Nc2cnc(-n3c(C)nc(C)c3C)nc2)cc(OC)c1OC. The average Bonchev–Trinajstić information content (AvgIpc) is 3.03. The molecule has 9 nitrogen and oxygen atoms in total. The average molecular weight is 423 g/mol. The number of ether oxygens (including phenoxy) is 3. The molecule has 162 valence electrons. The fraction of sp³-hybridized carbons (Fsp3) is 0.273. The molecule has 0 atom stereocenters. The largest absolute Gasteiger partial charge is 0.493 e. The lowest BCUT2D eigenvalue weighted by molar-refractivity contribution is -0.111. The molecule has 0 fully saturated rings. The molecule has 0 saturated heterocycles. The maximum absolute atomic E-state index is 12.3. The van der Waals surface area contributed by atoms with Crippen LogP contribution in [0.2, 0.25) is 0 Å². The van der Waals surface area contributed by atoms with E-state index in [1.807, 2.05) is 25.3 Å². The van der Waals surface area contributed by atoms with E-state index >= 15 is 0 Å². The molecule has 31 heavy (non-hydrogen) atoms. The number of benzene rings is 1. The van der Waals surface area contributed by atoms with Crippen molar-refractivity contribution in [3.05, 3.63) is 53.4 Å². The number of hydrogen-bond acceptors (Lipinski definition) is 7. The summed E-state index contributed by atoms with van der Waals surface area (Å²) in [5.41, 5.74) is 3.10. The molecule has 1 N–H and O–H groups in total. The zero-order valence-electron chi connectivity index (χ0n) is 18.4. The minimum absolute atomic E-state index is 0.323. The first kappa shape index (κ1) is 21.8. The molecular formula is C22H25N5O4. The van der Waals surface area contributed by atoms with Gasteiger partial charge in [0.25, 0.3) is 0 Å². The summed E-state index contributed by atoms with van der Waals surface area (Å²) >= 11 is 0. The summed E-state index contributed by atoms with van der Waals surface area (Å²) < 4.78 is 17.8. The molecule has 1 amide bonds. The van der Waals surface area contributed by atoms with E-state index in [0.29, 0.717) is 28.9 Å². The van der Waals surface area contributed by atoms with Gasteiger partial charge in [-0.3, -0.25) is 9.36 Å². The van der Waals surface area contributed by atoms with Gasteiger partial charge in [0.15, 0.2) is 11.5 Å². The summed E-state index contributed by atoms with van der Waals surface area (Å²) in [5.74, 6) is 2.48. The number of hydrogen-bond donors (Lipinski definition) is 1. The van der Waals surface area contributed by atoms with Crippen LogP contribution in [0.1, 0.15) is 22.8 Å². The van der Waals surface area contributed by atoms with Crippen molar-refractivity contribution in [3.8, 4) is 23.2 Å². The Bertz CT molecular complexity index is 1090. The van der Waals surface area contributed by atoms with E-state index in [0.717, 1.165) is 22.8 Å². The van der Waals surface area contributed by atoms with Crippen molar-refractivity contribution in [3.63, 3.8) is 0 Å². The Morgan fingerprint density at radius 3 is 2.10 bits per heavy atom. The van der Waals surface area contributed by atoms with Crippen LogP contribution >= 0.6 is 0 Å². The van der Waals surface area contributed by atoms with Gasteiger partial charge in [-0.1, -0.05) is 0 Å². The summed E-state index contributed by atoms with van der Waals surface area (Å²) in [6, 6.07) is 3.50. The quantitative estimate of drug-likeness (QED) is 0.582. The fourth-order valence-electron chi connectivity index (χ4n) is 3.13. The van der Waals surface area contributed by atoms with Crippen molar-refractivity contribution < 1.29 is 19.0 Å². The maximum atomic E-state index is 12.3. The summed E-state index contributed by atoms with van der Waals surface area (Å²) in [6.07, 6.45) is 6.17. The third kappa shape index (κ3) is 4.66. The molecule has 0 spiro atoms. The van der Waals surface area contributed by atoms with Gasteiger partial charge < -0.3 is 19.5 Å². The number of nitrogens with one attached hydrogen (secondary N) is 1. The van der Waals surface area contributed by atoms with Gasteiger partial charge in [0.05, 0.1) is 45.1 Å². The molecule has 0 unspecified atom stereocenters. The van der Waals surface area contributed by atoms with Crippen molar-refractivity contribution in [2.75, 3.05) is 26.6 Å². The third-order valence-corrected chi connectivity index (χ3v) is 4.73. The normalized spacial score (nSPS) is 10.9. The number of imidazole rings is 1. The topological polar surface area (TPSA) is 100 Å². The Hall–Kier alpha value is -3.88. The monoisotopic (exact) mass is 423 g/mol. The van der Waals surface area contributed by atoms with Crippen LogP contribution in [0, 0.1) is 20.8 Å². The molecule has 1 aromatic carbocycles. The maximum Gasteiger partial charge on any atom is 0.248 e. The van der Waals surface area contributed by atoms with Crippen LogP contribution in [0.5, 0.6) is 17.2 Å². The minimum atomic E-state index is -0.323. The van der Waals surface area contributed by atoms with E-state index < -0.39 is 0 Å². The van der Waals surface area contributed by atoms with Crippen LogP contribution in [0.3, 0.4) is 0 Å². The standard InChI is InChI=1S/C22H25N5O4/c1-13-14(2)27(15(3)25-13)22-23-11-17(12-24-22)26-20(28)8-7-16-9-18(29-4)21(31-6)19(10-16)30-5/h7-12H,1-6H3,(H,26,28)/b8-7+. The van der Waals surface area contributed by atoms with E-state index in [-0.39, 0.29) is 5.91 Å². The predicted molar refractivity (Wildman–Crippen MR) is 117 cm³/mol. The predicted octanol–water partition coefficient (Wildman–Crippen LogP) is 3.27. The van der Waals surface area contributed by atoms with Gasteiger partial charge in [0.2, 0.25) is 17.6 Å². The molecule has 0 aliphatic rings. The lowest BCUT2D eigenvalue weighted by Crippen LogP contribution is -2.10. The van der Waals surface area contributed by atoms with Crippen molar-refractivity contribution >= 4 is 17.7 Å². The molecule has 3 aromatic rings. The van der Waals surface area contributed by atoms with Gasteiger partial charge >= 0.3 is 0 Å². The van der Waals surface area contributed by atoms with Crippen molar-refractivity contribution in [2.45, 2.75) is 20.8 Å². The number of anilines is 1. The second-order valence-electron chi connectivity index (χ2n) is 6.72. The number of nitrogens with zero attached hydrogens (tertiary/aromatic N) is 4. The Kier molecular flexibility index (Phi) is 6.54. The Balaban J connectivity index is 1.73. The first-order valence-corrected chi connectivity index (χ1v) is 9.52. The minimum Gasteiger partial charge on any atom is -0.493 e. The van der Waals surface area contributed by atoms with Crippen LogP contribution in [0.15, 0.2) is 30.6 Å². The first-order chi connectivity index (χ1) is 14.9. The van der Waals surface area contributed by atoms with Crippen LogP contribution < -0.4 is 19.5 Å². The number of amides is 1. The van der Waals surface area contributed by atoms with Crippen LogP contribution in [-0.2, 0) is 4.79 Å². The molecular weight excluding hydrogens is 398 g/mol. The molecule has 0 aliphatic carbocycles. The second kappa shape index (κ2) is 9.29. The van der Waals surface area contributed by atoms with Gasteiger partial charge in [-0.05, 0) is 44.5 Å². The number of rotatable bonds is 7. The Morgan fingerprint density at radius 2 is 1.61 bits per heavy atom. The molecule has 2 aromatic heterocycles. The molecule has 0 radical (unpaired) electrons. The van der Waals surface area contributed by atoms with Crippen molar-refractivity contribution in [1.82, 2.24) is 19.5 Å². The van der Waals surface area contributed by atoms with E-state index in [4.69, 9.17) is 14.2 Å². The summed E-state index contributed by atoms with van der Waals surface area (Å²) in [6.45, 7) is 5.79. The van der Waals surface area contributed by atoms with Gasteiger partial charge in [-0.2, -0.15) is 0 Å². The smallest absolute Gasteiger partial charge is 0.248 e. The highest BCUT2D eigenvalue weighted by molar-refractivity contribution is 6.01.